The molecule has 0 amide bonds. The molecule has 2 aromatic carbocycles. The summed E-state index contributed by atoms with van der Waals surface area (Å²) in [5, 5.41) is 5.31. The van der Waals surface area contributed by atoms with Crippen molar-refractivity contribution in [2.75, 3.05) is 24.2 Å². The molecule has 0 saturated heterocycles. The Balaban J connectivity index is 2.09. The first-order chi connectivity index (χ1) is 15.2. The molecule has 0 fully saturated rings. The second-order valence-electron chi connectivity index (χ2n) is 7.67. The highest BCUT2D eigenvalue weighted by Crippen LogP contribution is 2.41. The summed E-state index contributed by atoms with van der Waals surface area (Å²) < 4.78 is 26.5. The van der Waals surface area contributed by atoms with Gasteiger partial charge in [-0.3, -0.25) is 4.79 Å². The fraction of sp³-hybridized carbons (Fsp3) is 0.261. The van der Waals surface area contributed by atoms with E-state index < -0.39 is 15.8 Å². The normalized spacial score (nSPS) is 15.4. The van der Waals surface area contributed by atoms with Gasteiger partial charge in [0.2, 0.25) is 5.78 Å². The number of Topliss-reactive ketones (excluding diaryl/α,β-unsaturated/α-hetero) is 1. The first kappa shape index (κ1) is 21.8. The van der Waals surface area contributed by atoms with Crippen LogP contribution in [0.2, 0.25) is 0 Å². The second kappa shape index (κ2) is 7.90. The molecule has 9 heteroatoms. The molecule has 8 nitrogen and oxygen atoms in total. The summed E-state index contributed by atoms with van der Waals surface area (Å²) in [6.45, 7) is 8.28. The first-order valence-electron chi connectivity index (χ1n) is 10.1. The molecule has 1 aliphatic rings. The first-order valence-corrected chi connectivity index (χ1v) is 12.0. The average Bonchev–Trinajstić information content (AvgIpc) is 3.06. The Kier molecular flexibility index (Phi) is 5.37. The zero-order valence-electron chi connectivity index (χ0n) is 18.1. The van der Waals surface area contributed by atoms with Gasteiger partial charge in [0.15, 0.2) is 9.84 Å². The number of carbonyl (C=O) groups excluding carboxylic acids is 2. The predicted octanol–water partition coefficient (Wildman–Crippen LogP) is 3.33. The van der Waals surface area contributed by atoms with Gasteiger partial charge >= 0.3 is 5.97 Å². The Bertz CT molecular complexity index is 1430. The molecule has 0 bridgehead atoms. The van der Waals surface area contributed by atoms with E-state index in [1.165, 1.54) is 13.2 Å². The summed E-state index contributed by atoms with van der Waals surface area (Å²) in [6, 6.07) is 8.67. The van der Waals surface area contributed by atoms with Gasteiger partial charge in [-0.25, -0.2) is 13.2 Å². The van der Waals surface area contributed by atoms with E-state index in [1.807, 2.05) is 17.9 Å². The quantitative estimate of drug-likeness (QED) is 0.334. The maximum absolute atomic E-state index is 13.2. The van der Waals surface area contributed by atoms with Crippen molar-refractivity contribution >= 4 is 54.8 Å². The van der Waals surface area contributed by atoms with Crippen LogP contribution >= 0.6 is 0 Å². The fourth-order valence-corrected chi connectivity index (χ4v) is 4.87. The number of ketones is 1. The Hall–Kier alpha value is -3.46. The zero-order valence-corrected chi connectivity index (χ0v) is 18.9. The molecule has 0 N–H and O–H groups in total. The highest BCUT2D eigenvalue weighted by Gasteiger charge is 2.32. The lowest BCUT2D eigenvalue weighted by molar-refractivity contribution is -0.140. The highest BCUT2D eigenvalue weighted by atomic mass is 32.2. The van der Waals surface area contributed by atoms with Gasteiger partial charge in [0.25, 0.3) is 0 Å². The molecule has 1 aliphatic heterocycles. The molecule has 0 aliphatic carbocycles. The van der Waals surface area contributed by atoms with Crippen molar-refractivity contribution in [1.29, 1.82) is 0 Å². The number of oxime groups is 1. The van der Waals surface area contributed by atoms with Crippen LogP contribution in [0.15, 0.2) is 53.0 Å². The molecule has 32 heavy (non-hydrogen) atoms. The third kappa shape index (κ3) is 3.48. The van der Waals surface area contributed by atoms with E-state index >= 15 is 0 Å². The number of rotatable bonds is 5. The Morgan fingerprint density at radius 1 is 1.25 bits per heavy atom. The van der Waals surface area contributed by atoms with Gasteiger partial charge < -0.3 is 14.3 Å². The fourth-order valence-electron chi connectivity index (χ4n) is 4.22. The molecular formula is C23H23N3O5S. The third-order valence-electron chi connectivity index (χ3n) is 5.52. The average molecular weight is 454 g/mol. The zero-order chi connectivity index (χ0) is 23.2. The lowest BCUT2D eigenvalue weighted by Gasteiger charge is -2.31. The van der Waals surface area contributed by atoms with Crippen LogP contribution in [0.4, 0.5) is 5.69 Å². The third-order valence-corrected chi connectivity index (χ3v) is 6.63. The van der Waals surface area contributed by atoms with E-state index in [2.05, 4.69) is 16.3 Å². The summed E-state index contributed by atoms with van der Waals surface area (Å²) in [7, 11) is -3.41. The monoisotopic (exact) mass is 453 g/mol. The van der Waals surface area contributed by atoms with Gasteiger partial charge in [-0.2, -0.15) is 0 Å². The van der Waals surface area contributed by atoms with E-state index in [0.29, 0.717) is 24.3 Å². The minimum atomic E-state index is -3.41. The summed E-state index contributed by atoms with van der Waals surface area (Å²) in [5.41, 5.74) is 3.00. The Morgan fingerprint density at radius 3 is 2.59 bits per heavy atom. The topological polar surface area (TPSA) is 98.0 Å². The number of hydrogen-bond donors (Lipinski definition) is 0. The van der Waals surface area contributed by atoms with Gasteiger partial charge in [-0.15, -0.1) is 6.58 Å². The summed E-state index contributed by atoms with van der Waals surface area (Å²) >= 11 is 0. The van der Waals surface area contributed by atoms with Crippen LogP contribution in [-0.4, -0.2) is 49.8 Å². The van der Waals surface area contributed by atoms with Crippen LogP contribution in [0.25, 0.3) is 21.8 Å². The van der Waals surface area contributed by atoms with Gasteiger partial charge in [-0.05, 0) is 37.3 Å². The minimum Gasteiger partial charge on any atom is -0.360 e. The molecular weight excluding hydrogens is 430 g/mol. The van der Waals surface area contributed by atoms with Crippen molar-refractivity contribution in [3.8, 4) is 0 Å². The maximum Gasteiger partial charge on any atom is 0.331 e. The summed E-state index contributed by atoms with van der Waals surface area (Å²) in [6.07, 6.45) is 2.89. The van der Waals surface area contributed by atoms with Gasteiger partial charge in [-0.1, -0.05) is 11.2 Å². The van der Waals surface area contributed by atoms with Gasteiger partial charge in [0.1, 0.15) is 5.71 Å². The molecule has 2 heterocycles. The predicted molar refractivity (Wildman–Crippen MR) is 124 cm³/mol. The molecule has 0 saturated carbocycles. The van der Waals surface area contributed by atoms with E-state index in [4.69, 9.17) is 4.84 Å². The largest absolute Gasteiger partial charge is 0.360 e. The van der Waals surface area contributed by atoms with E-state index in [1.54, 1.807) is 30.3 Å². The number of hydrogen-bond acceptors (Lipinski definition) is 7. The maximum atomic E-state index is 13.2. The highest BCUT2D eigenvalue weighted by molar-refractivity contribution is 7.90. The van der Waals surface area contributed by atoms with Crippen LogP contribution in [0.1, 0.15) is 24.2 Å². The number of benzene rings is 2. The van der Waals surface area contributed by atoms with Crippen molar-refractivity contribution < 1.29 is 22.8 Å². The molecule has 0 radical (unpaired) electrons. The number of carbonyl (C=O) groups is 2. The van der Waals surface area contributed by atoms with Gasteiger partial charge in [0, 0.05) is 48.1 Å². The number of aromatic nitrogens is 1. The number of aryl methyl sites for hydroxylation is 1. The molecule has 0 spiro atoms. The lowest BCUT2D eigenvalue weighted by atomic mass is 9.95. The molecule has 166 valence electrons. The molecule has 4 rings (SSSR count). The number of anilines is 1. The second-order valence-corrected chi connectivity index (χ2v) is 9.69. The van der Waals surface area contributed by atoms with Crippen molar-refractivity contribution in [2.24, 2.45) is 5.16 Å². The van der Waals surface area contributed by atoms with Crippen LogP contribution in [-0.2, 0) is 26.0 Å². The van der Waals surface area contributed by atoms with Crippen LogP contribution < -0.4 is 4.90 Å². The van der Waals surface area contributed by atoms with Crippen LogP contribution in [0.5, 0.6) is 0 Å². The summed E-state index contributed by atoms with van der Waals surface area (Å²) in [4.78, 5) is 31.3. The van der Waals surface area contributed by atoms with E-state index in [0.717, 1.165) is 21.8 Å². The van der Waals surface area contributed by atoms with Crippen LogP contribution in [0.3, 0.4) is 0 Å². The summed E-state index contributed by atoms with van der Waals surface area (Å²) in [5.74, 6) is -0.943. The van der Waals surface area contributed by atoms with Crippen molar-refractivity contribution in [2.45, 2.75) is 25.3 Å². The smallest absolute Gasteiger partial charge is 0.331 e. The van der Waals surface area contributed by atoms with E-state index in [-0.39, 0.29) is 22.9 Å². The van der Waals surface area contributed by atoms with Gasteiger partial charge in [0.05, 0.1) is 22.6 Å². The number of sulfone groups is 1. The Morgan fingerprint density at radius 2 is 1.97 bits per heavy atom. The SMILES string of the molecule is C=CCN1C/C(=N/OC(C)=O)C(=O)c2ccc3c(c21)c1cc(S(C)(=O)=O)ccc1n3CC. The lowest BCUT2D eigenvalue weighted by Crippen LogP contribution is -2.40. The van der Waals surface area contributed by atoms with E-state index in [9.17, 15) is 18.0 Å². The minimum absolute atomic E-state index is 0.116. The number of fused-ring (bicyclic) bond motifs is 5. The molecule has 0 atom stereocenters. The molecule has 3 aromatic rings. The standard InChI is InChI=1S/C23H23N3O5S/c1-5-11-25-13-18(24-31-14(3)27)23(28)16-8-10-20-21(22(16)25)17-12-15(32(4,29)30)7-9-19(17)26(20)6-2/h5,7-10,12H,1,6,11,13H2,2-4H3/b24-18-. The molecule has 1 aromatic heterocycles. The van der Waals surface area contributed by atoms with Crippen molar-refractivity contribution in [1.82, 2.24) is 4.57 Å². The Labute approximate surface area is 185 Å². The van der Waals surface area contributed by atoms with Crippen LogP contribution in [0, 0.1) is 0 Å². The van der Waals surface area contributed by atoms with Crippen molar-refractivity contribution in [3.63, 3.8) is 0 Å². The molecule has 0 unspecified atom stereocenters. The number of nitrogens with zero attached hydrogens (tertiary/aromatic N) is 3. The van der Waals surface area contributed by atoms with Crippen molar-refractivity contribution in [3.05, 3.63) is 48.6 Å².